The highest BCUT2D eigenvalue weighted by Gasteiger charge is 2.42. The van der Waals surface area contributed by atoms with Crippen LogP contribution in [0.3, 0.4) is 0 Å². The van der Waals surface area contributed by atoms with Crippen molar-refractivity contribution in [2.24, 2.45) is 11.8 Å². The van der Waals surface area contributed by atoms with Gasteiger partial charge in [-0.15, -0.1) is 0 Å². The normalized spacial score (nSPS) is 16.3. The van der Waals surface area contributed by atoms with Gasteiger partial charge in [0, 0.05) is 61.7 Å². The molecule has 5 aromatic carbocycles. The van der Waals surface area contributed by atoms with Gasteiger partial charge in [0.2, 0.25) is 11.2 Å². The highest BCUT2D eigenvalue weighted by atomic mass is 16.5. The topological polar surface area (TPSA) is 182 Å². The van der Waals surface area contributed by atoms with Gasteiger partial charge in [-0.3, -0.25) is 19.3 Å². The third kappa shape index (κ3) is 11.7. The first-order chi connectivity index (χ1) is 32.5. The van der Waals surface area contributed by atoms with Crippen LogP contribution in [0.5, 0.6) is 11.5 Å². The number of piperidine rings is 2. The molecule has 5 N–H and O–H groups in total. The summed E-state index contributed by atoms with van der Waals surface area (Å²) in [6.07, 6.45) is 2.63. The second kappa shape index (κ2) is 21.8. The third-order valence-electron chi connectivity index (χ3n) is 13.2. The van der Waals surface area contributed by atoms with E-state index in [1.165, 1.54) is 17.7 Å². The van der Waals surface area contributed by atoms with Crippen molar-refractivity contribution >= 4 is 28.6 Å². The van der Waals surface area contributed by atoms with Crippen molar-refractivity contribution in [1.82, 2.24) is 20.1 Å². The van der Waals surface area contributed by atoms with E-state index < -0.39 is 17.7 Å². The van der Waals surface area contributed by atoms with Gasteiger partial charge < -0.3 is 40.0 Å². The highest BCUT2D eigenvalue weighted by Crippen LogP contribution is 2.34. The molecule has 1 aromatic heterocycles. The van der Waals surface area contributed by atoms with Gasteiger partial charge in [0.25, 0.3) is 5.91 Å². The summed E-state index contributed by atoms with van der Waals surface area (Å²) >= 11 is 0. The molecule has 0 aliphatic carbocycles. The van der Waals surface area contributed by atoms with Crippen molar-refractivity contribution < 1.29 is 39.2 Å². The lowest BCUT2D eigenvalue weighted by Crippen LogP contribution is -2.41. The Bertz CT molecular complexity index is 2680. The van der Waals surface area contributed by atoms with Crippen molar-refractivity contribution in [2.75, 3.05) is 45.9 Å². The molecule has 0 bridgehead atoms. The molecule has 67 heavy (non-hydrogen) atoms. The third-order valence-corrected chi connectivity index (χ3v) is 13.2. The van der Waals surface area contributed by atoms with Gasteiger partial charge in [-0.2, -0.15) is 0 Å². The molecule has 13 heteroatoms. The number of carbonyl (C=O) groups excluding carboxylic acids is 3. The maximum absolute atomic E-state index is 13.9. The smallest absolute Gasteiger partial charge is 0.347 e. The molecular formula is C54H58N4O9. The predicted octanol–water partition coefficient (Wildman–Crippen LogP) is 6.64. The Balaban J connectivity index is 0.779. The van der Waals surface area contributed by atoms with E-state index >= 15 is 0 Å². The fraction of sp³-hybridized carbons (Fsp3) is 0.333. The number of likely N-dealkylation sites (tertiary alicyclic amines) is 2. The van der Waals surface area contributed by atoms with Crippen LogP contribution in [0, 0.1) is 11.8 Å². The molecule has 3 heterocycles. The van der Waals surface area contributed by atoms with Gasteiger partial charge in [-0.05, 0) is 97.1 Å². The summed E-state index contributed by atoms with van der Waals surface area (Å²) in [6.45, 7) is 4.36. The number of aromatic amines is 1. The Labute approximate surface area is 390 Å². The van der Waals surface area contributed by atoms with Crippen molar-refractivity contribution in [1.29, 1.82) is 0 Å². The molecule has 0 spiro atoms. The van der Waals surface area contributed by atoms with Gasteiger partial charge in [0.15, 0.2) is 12.4 Å². The summed E-state index contributed by atoms with van der Waals surface area (Å²) in [5, 5.41) is 37.0. The van der Waals surface area contributed by atoms with E-state index in [9.17, 15) is 34.5 Å². The van der Waals surface area contributed by atoms with E-state index in [0.717, 1.165) is 38.0 Å². The van der Waals surface area contributed by atoms with Crippen LogP contribution in [-0.2, 0) is 33.0 Å². The first kappa shape index (κ1) is 46.9. The molecule has 8 rings (SSSR count). The molecular weight excluding hydrogens is 849 g/mol. The standard InChI is InChI=1S/C54H58N4O9/c59-47-20-18-45(46-19-21-50(62)56-52(46)47)49(61)33-55-32-38-14-16-41(17-15-38)48(60)30-37-24-28-58(29-25-37)51(63)36-66-44-13-7-12-43(31-44)54(65,42-10-5-2-6-11-42)53(64)67-35-40-22-26-57(27-23-40)34-39-8-3-1-4-9-39/h1-21,31,37,40,49,55,59,61,65H,22-30,32-36H2,(H,56,62)/t49-,54-/m0/s1. The fourth-order valence-corrected chi connectivity index (χ4v) is 9.17. The summed E-state index contributed by atoms with van der Waals surface area (Å²) in [5.74, 6) is -0.326. The number of benzene rings is 5. The van der Waals surface area contributed by atoms with Crippen LogP contribution in [-0.4, -0.2) is 93.7 Å². The van der Waals surface area contributed by atoms with E-state index in [4.69, 9.17) is 9.47 Å². The highest BCUT2D eigenvalue weighted by molar-refractivity contribution is 5.96. The quantitative estimate of drug-likeness (QED) is 0.0461. The number of nitrogens with one attached hydrogen (secondary N) is 2. The number of carbonyl (C=O) groups is 3. The van der Waals surface area contributed by atoms with Crippen molar-refractivity contribution in [2.45, 2.75) is 56.9 Å². The van der Waals surface area contributed by atoms with Crippen LogP contribution in [0.1, 0.15) is 76.4 Å². The number of aromatic hydroxyl groups is 1. The summed E-state index contributed by atoms with van der Waals surface area (Å²) in [7, 11) is 0. The van der Waals surface area contributed by atoms with E-state index in [-0.39, 0.29) is 65.7 Å². The number of fused-ring (bicyclic) bond motifs is 1. The SMILES string of the molecule is O=C(CC1CCN(C(=O)COc2cccc([C@](O)(C(=O)OCC3CCN(Cc4ccccc4)CC3)c3ccccc3)c2)CC1)c1ccc(CNC[C@H](O)c2ccc(O)c3[nH]c(=O)ccc23)cc1. The Morgan fingerprint density at radius 2 is 1.45 bits per heavy atom. The molecule has 2 aliphatic heterocycles. The van der Waals surface area contributed by atoms with E-state index in [0.29, 0.717) is 66.7 Å². The lowest BCUT2D eigenvalue weighted by Gasteiger charge is -2.33. The average molecular weight is 907 g/mol. The number of amides is 1. The number of rotatable bonds is 18. The second-order valence-corrected chi connectivity index (χ2v) is 17.8. The molecule has 13 nitrogen and oxygen atoms in total. The summed E-state index contributed by atoms with van der Waals surface area (Å²) in [6, 6.07) is 39.1. The van der Waals surface area contributed by atoms with E-state index in [2.05, 4.69) is 27.3 Å². The minimum Gasteiger partial charge on any atom is -0.506 e. The zero-order chi connectivity index (χ0) is 46.8. The lowest BCUT2D eigenvalue weighted by atomic mass is 9.86. The minimum atomic E-state index is -2.10. The molecule has 0 saturated carbocycles. The number of ketones is 1. The molecule has 0 radical (unpaired) electrons. The number of nitrogens with zero attached hydrogens (tertiary/aromatic N) is 2. The van der Waals surface area contributed by atoms with Crippen molar-refractivity contribution in [3.8, 4) is 11.5 Å². The number of ether oxygens (including phenoxy) is 2. The molecule has 2 fully saturated rings. The fourth-order valence-electron chi connectivity index (χ4n) is 9.17. The van der Waals surface area contributed by atoms with Crippen LogP contribution in [0.15, 0.2) is 138 Å². The number of hydrogen-bond donors (Lipinski definition) is 5. The molecule has 0 unspecified atom stereocenters. The van der Waals surface area contributed by atoms with Crippen LogP contribution in [0.25, 0.3) is 10.9 Å². The van der Waals surface area contributed by atoms with Gasteiger partial charge in [-0.1, -0.05) is 103 Å². The van der Waals surface area contributed by atoms with Crippen LogP contribution >= 0.6 is 0 Å². The zero-order valence-electron chi connectivity index (χ0n) is 37.5. The van der Waals surface area contributed by atoms with Gasteiger partial charge >= 0.3 is 5.97 Å². The monoisotopic (exact) mass is 906 g/mol. The van der Waals surface area contributed by atoms with Crippen LogP contribution < -0.4 is 15.6 Å². The lowest BCUT2D eigenvalue weighted by molar-refractivity contribution is -0.164. The first-order valence-corrected chi connectivity index (χ1v) is 23.1. The largest absolute Gasteiger partial charge is 0.506 e. The maximum Gasteiger partial charge on any atom is 0.347 e. The van der Waals surface area contributed by atoms with Crippen LogP contribution in [0.2, 0.25) is 0 Å². The van der Waals surface area contributed by atoms with Crippen LogP contribution in [0.4, 0.5) is 0 Å². The van der Waals surface area contributed by atoms with E-state index in [1.807, 2.05) is 48.5 Å². The summed E-state index contributed by atoms with van der Waals surface area (Å²) in [4.78, 5) is 59.0. The number of phenolic OH excluding ortho intramolecular Hbond substituents is 1. The Hall–Kier alpha value is -6.64. The predicted molar refractivity (Wildman–Crippen MR) is 254 cm³/mol. The Kier molecular flexibility index (Phi) is 15.2. The molecule has 2 aliphatic rings. The number of hydrogen-bond acceptors (Lipinski definition) is 11. The number of pyridine rings is 1. The number of phenols is 1. The average Bonchev–Trinajstić information content (AvgIpc) is 3.36. The van der Waals surface area contributed by atoms with Gasteiger partial charge in [0.05, 0.1) is 18.2 Å². The van der Waals surface area contributed by atoms with Crippen molar-refractivity contribution in [3.63, 3.8) is 0 Å². The number of H-pyrrole nitrogens is 1. The Morgan fingerprint density at radius 1 is 0.761 bits per heavy atom. The first-order valence-electron chi connectivity index (χ1n) is 23.1. The molecule has 2 atom stereocenters. The van der Waals surface area contributed by atoms with E-state index in [1.54, 1.807) is 65.6 Å². The molecule has 1 amide bonds. The number of aliphatic hydroxyl groups is 2. The van der Waals surface area contributed by atoms with Gasteiger partial charge in [-0.25, -0.2) is 4.79 Å². The summed E-state index contributed by atoms with van der Waals surface area (Å²) in [5.41, 5.74) is 1.89. The number of aliphatic hydroxyl groups excluding tert-OH is 1. The number of Topliss-reactive ketones (excluding diaryl/α,β-unsaturated/α-hetero) is 1. The minimum absolute atomic E-state index is 0.0411. The van der Waals surface area contributed by atoms with Gasteiger partial charge in [0.1, 0.15) is 11.5 Å². The molecule has 348 valence electrons. The summed E-state index contributed by atoms with van der Waals surface area (Å²) < 4.78 is 11.9. The number of aromatic nitrogens is 1. The number of esters is 1. The second-order valence-electron chi connectivity index (χ2n) is 17.8. The molecule has 6 aromatic rings. The zero-order valence-corrected chi connectivity index (χ0v) is 37.5. The molecule has 2 saturated heterocycles. The van der Waals surface area contributed by atoms with Crippen molar-refractivity contribution in [3.05, 3.63) is 177 Å². The Morgan fingerprint density at radius 3 is 2.18 bits per heavy atom. The maximum atomic E-state index is 13.9.